The maximum absolute atomic E-state index is 15.7. The lowest BCUT2D eigenvalue weighted by atomic mass is 9.59. The van der Waals surface area contributed by atoms with Gasteiger partial charge in [0.2, 0.25) is 0 Å². The van der Waals surface area contributed by atoms with Gasteiger partial charge in [-0.2, -0.15) is 0 Å². The van der Waals surface area contributed by atoms with Crippen molar-refractivity contribution >= 4 is 58.3 Å². The molecule has 0 aliphatic carbocycles. The fourth-order valence-electron chi connectivity index (χ4n) is 5.77. The zero-order valence-corrected chi connectivity index (χ0v) is 24.5. The van der Waals surface area contributed by atoms with E-state index in [1.807, 2.05) is 6.07 Å². The second-order valence-electron chi connectivity index (χ2n) is 10.5. The predicted octanol–water partition coefficient (Wildman–Crippen LogP) is 7.71. The van der Waals surface area contributed by atoms with Crippen molar-refractivity contribution in [3.8, 4) is 5.75 Å². The highest BCUT2D eigenvalue weighted by atomic mass is 35.5. The number of rotatable bonds is 5. The fourth-order valence-corrected chi connectivity index (χ4v) is 6.40. The maximum atomic E-state index is 15.7. The van der Waals surface area contributed by atoms with Gasteiger partial charge in [0.25, 0.3) is 0 Å². The third-order valence-corrected chi connectivity index (χ3v) is 8.38. The number of ether oxygens (including phenoxy) is 2. The summed E-state index contributed by atoms with van der Waals surface area (Å²) < 4.78 is 41.5. The minimum atomic E-state index is -1.34. The monoisotopic (exact) mass is 602 g/mol. The standard InChI is InChI=1S/C30H26Cl2F2N2O3S/c1-15-5-9-21(33)26(34)25(15)27-30(14-35-22-12-17(32)6-8-19(22)30)20(13-24(40)36-27)18-11-16(31)7-10-23(18)39-29(2,3)28(37)38-4/h5-12,14,20,27H,13H2,1-4H3,(H,36,40)/t20-,27+,30-/m0/s1. The molecule has 3 aromatic carbocycles. The lowest BCUT2D eigenvalue weighted by Gasteiger charge is -2.48. The Morgan fingerprint density at radius 2 is 1.82 bits per heavy atom. The molecule has 1 spiro atoms. The van der Waals surface area contributed by atoms with E-state index in [2.05, 4.69) is 5.32 Å². The number of halogens is 4. The number of nitrogens with one attached hydrogen (secondary N) is 1. The number of benzene rings is 3. The average molecular weight is 604 g/mol. The first-order valence-electron chi connectivity index (χ1n) is 12.5. The minimum Gasteiger partial charge on any atom is -0.476 e. The van der Waals surface area contributed by atoms with E-state index in [1.54, 1.807) is 57.3 Å². The van der Waals surface area contributed by atoms with Crippen molar-refractivity contribution in [1.82, 2.24) is 5.32 Å². The Hall–Kier alpha value is -3.07. The number of aryl methyl sites for hydroxylation is 1. The number of thiocarbonyl (C=S) groups is 1. The van der Waals surface area contributed by atoms with Gasteiger partial charge in [0.1, 0.15) is 5.75 Å². The van der Waals surface area contributed by atoms with E-state index in [0.29, 0.717) is 44.0 Å². The van der Waals surface area contributed by atoms with Crippen molar-refractivity contribution < 1.29 is 23.0 Å². The van der Waals surface area contributed by atoms with E-state index >= 15 is 4.39 Å². The molecule has 0 aromatic heterocycles. The Bertz CT molecular complexity index is 1580. The molecule has 40 heavy (non-hydrogen) atoms. The normalized spacial score (nSPS) is 21.8. The minimum absolute atomic E-state index is 0.140. The molecule has 0 bridgehead atoms. The molecule has 1 N–H and O–H groups in total. The van der Waals surface area contributed by atoms with Crippen LogP contribution in [-0.2, 0) is 14.9 Å². The fraction of sp³-hybridized carbons (Fsp3) is 0.300. The summed E-state index contributed by atoms with van der Waals surface area (Å²) in [7, 11) is 1.29. The molecule has 3 atom stereocenters. The van der Waals surface area contributed by atoms with E-state index < -0.39 is 40.6 Å². The number of hydrogen-bond acceptors (Lipinski definition) is 5. The Kier molecular flexibility index (Phi) is 7.40. The Balaban J connectivity index is 1.79. The van der Waals surface area contributed by atoms with Gasteiger partial charge in [-0.1, -0.05) is 47.6 Å². The van der Waals surface area contributed by atoms with Gasteiger partial charge in [-0.25, -0.2) is 13.6 Å². The zero-order chi connectivity index (χ0) is 29.0. The summed E-state index contributed by atoms with van der Waals surface area (Å²) in [5, 5.41) is 4.20. The van der Waals surface area contributed by atoms with Crippen LogP contribution in [0.4, 0.5) is 14.5 Å². The molecule has 10 heteroatoms. The van der Waals surface area contributed by atoms with Crippen LogP contribution in [0.1, 0.15) is 54.5 Å². The van der Waals surface area contributed by atoms with Gasteiger partial charge < -0.3 is 14.8 Å². The van der Waals surface area contributed by atoms with E-state index in [-0.39, 0.29) is 5.56 Å². The van der Waals surface area contributed by atoms with Crippen molar-refractivity contribution in [1.29, 1.82) is 0 Å². The van der Waals surface area contributed by atoms with Crippen LogP contribution in [0, 0.1) is 18.6 Å². The summed E-state index contributed by atoms with van der Waals surface area (Å²) in [6.45, 7) is 4.92. The SMILES string of the molecule is COC(=O)C(C)(C)Oc1ccc(Cl)cc1[C@@H]1CC(=S)N[C@H](c2c(C)ccc(F)c2F)[C@]12C=Nc1cc(Cl)ccc12. The number of esters is 1. The molecule has 1 fully saturated rings. The molecular formula is C30H26Cl2F2N2O3S. The summed E-state index contributed by atoms with van der Waals surface area (Å²) in [6.07, 6.45) is 2.06. The number of fused-ring (bicyclic) bond motifs is 2. The molecule has 3 aromatic rings. The number of methoxy groups -OCH3 is 1. The van der Waals surface area contributed by atoms with Crippen molar-refractivity contribution in [2.45, 2.75) is 50.2 Å². The molecule has 0 saturated carbocycles. The molecule has 1 saturated heterocycles. The molecule has 0 radical (unpaired) electrons. The van der Waals surface area contributed by atoms with Crippen molar-refractivity contribution in [3.63, 3.8) is 0 Å². The van der Waals surface area contributed by atoms with Crippen LogP contribution in [0.3, 0.4) is 0 Å². The molecule has 2 heterocycles. The number of nitrogens with zero attached hydrogens (tertiary/aromatic N) is 1. The Morgan fingerprint density at radius 3 is 2.55 bits per heavy atom. The molecule has 208 valence electrons. The first-order chi connectivity index (χ1) is 18.9. The highest BCUT2D eigenvalue weighted by Gasteiger charge is 2.55. The van der Waals surface area contributed by atoms with Gasteiger partial charge in [-0.3, -0.25) is 4.99 Å². The van der Waals surface area contributed by atoms with Gasteiger partial charge in [0, 0.05) is 39.7 Å². The molecule has 2 aliphatic heterocycles. The Morgan fingerprint density at radius 1 is 1.12 bits per heavy atom. The number of piperidine rings is 1. The topological polar surface area (TPSA) is 59.9 Å². The van der Waals surface area contributed by atoms with Crippen molar-refractivity contribution in [2.24, 2.45) is 4.99 Å². The van der Waals surface area contributed by atoms with Crippen LogP contribution in [0.5, 0.6) is 5.75 Å². The summed E-state index contributed by atoms with van der Waals surface area (Å²) in [5.41, 5.74) is 0.263. The average Bonchev–Trinajstić information content (AvgIpc) is 3.27. The van der Waals surface area contributed by atoms with Crippen LogP contribution < -0.4 is 10.1 Å². The second kappa shape index (κ2) is 10.4. The predicted molar refractivity (Wildman–Crippen MR) is 156 cm³/mol. The first kappa shape index (κ1) is 28.5. The lowest BCUT2D eigenvalue weighted by molar-refractivity contribution is -0.156. The molecule has 2 aliphatic rings. The highest BCUT2D eigenvalue weighted by Crippen LogP contribution is 2.58. The highest BCUT2D eigenvalue weighted by molar-refractivity contribution is 7.80. The van der Waals surface area contributed by atoms with E-state index in [9.17, 15) is 9.18 Å². The number of aliphatic imine (C=N–C) groups is 1. The van der Waals surface area contributed by atoms with Crippen LogP contribution in [-0.4, -0.2) is 29.9 Å². The summed E-state index contributed by atoms with van der Waals surface area (Å²) >= 11 is 18.6. The number of carbonyl (C=O) groups is 1. The molecule has 0 amide bonds. The smallest absolute Gasteiger partial charge is 0.349 e. The second-order valence-corrected chi connectivity index (χ2v) is 11.9. The van der Waals surface area contributed by atoms with E-state index in [4.69, 9.17) is 49.9 Å². The van der Waals surface area contributed by atoms with Crippen LogP contribution in [0.2, 0.25) is 10.0 Å². The van der Waals surface area contributed by atoms with E-state index in [1.165, 1.54) is 13.2 Å². The summed E-state index contributed by atoms with van der Waals surface area (Å²) in [4.78, 5) is 17.7. The van der Waals surface area contributed by atoms with Crippen LogP contribution in [0.25, 0.3) is 0 Å². The third kappa shape index (κ3) is 4.66. The molecule has 5 rings (SSSR count). The van der Waals surface area contributed by atoms with E-state index in [0.717, 1.165) is 11.6 Å². The number of hydrogen-bond donors (Lipinski definition) is 1. The summed E-state index contributed by atoms with van der Waals surface area (Å²) in [5.74, 6) is -2.64. The third-order valence-electron chi connectivity index (χ3n) is 7.62. The van der Waals surface area contributed by atoms with Crippen LogP contribution in [0.15, 0.2) is 53.5 Å². The van der Waals surface area contributed by atoms with Crippen LogP contribution >= 0.6 is 35.4 Å². The molecule has 5 nitrogen and oxygen atoms in total. The lowest BCUT2D eigenvalue weighted by Crippen LogP contribution is -2.53. The van der Waals surface area contributed by atoms with Gasteiger partial charge in [-0.05, 0) is 68.3 Å². The number of carbonyl (C=O) groups excluding carboxylic acids is 1. The van der Waals surface area contributed by atoms with Gasteiger partial charge in [0.05, 0.1) is 29.2 Å². The molecule has 0 unspecified atom stereocenters. The van der Waals surface area contributed by atoms with Gasteiger partial charge >= 0.3 is 5.97 Å². The quantitative estimate of drug-likeness (QED) is 0.239. The maximum Gasteiger partial charge on any atom is 0.349 e. The molecular weight excluding hydrogens is 577 g/mol. The first-order valence-corrected chi connectivity index (χ1v) is 13.7. The Labute approximate surface area is 246 Å². The largest absolute Gasteiger partial charge is 0.476 e. The van der Waals surface area contributed by atoms with Crippen molar-refractivity contribution in [2.75, 3.05) is 7.11 Å². The van der Waals surface area contributed by atoms with Gasteiger partial charge in [-0.15, -0.1) is 0 Å². The zero-order valence-electron chi connectivity index (χ0n) is 22.2. The van der Waals surface area contributed by atoms with Gasteiger partial charge in [0.15, 0.2) is 17.2 Å². The summed E-state index contributed by atoms with van der Waals surface area (Å²) in [6, 6.07) is 12.2. The van der Waals surface area contributed by atoms with Crippen molar-refractivity contribution in [3.05, 3.63) is 92.5 Å².